The largest absolute Gasteiger partial charge is 0.389 e. The van der Waals surface area contributed by atoms with Crippen molar-refractivity contribution in [3.8, 4) is 0 Å². The van der Waals surface area contributed by atoms with Gasteiger partial charge in [-0.05, 0) is 46.0 Å². The van der Waals surface area contributed by atoms with E-state index >= 15 is 0 Å². The topological polar surface area (TPSA) is 23.5 Å². The van der Waals surface area contributed by atoms with Gasteiger partial charge in [-0.2, -0.15) is 12.6 Å². The smallest absolute Gasteiger partial charge is 0.0718 e. The van der Waals surface area contributed by atoms with E-state index in [1.807, 2.05) is 13.8 Å². The van der Waals surface area contributed by atoms with E-state index < -0.39 is 5.60 Å². The number of unbranched alkanes of at least 4 members (excludes halogenated alkanes) is 3. The second-order valence-corrected chi connectivity index (χ2v) is 5.14. The summed E-state index contributed by atoms with van der Waals surface area (Å²) in [6.07, 6.45) is 5.00. The van der Waals surface area contributed by atoms with Crippen molar-refractivity contribution in [1.82, 2.24) is 4.90 Å². The number of hydrogen-bond donors (Lipinski definition) is 2. The molecule has 0 aromatic heterocycles. The van der Waals surface area contributed by atoms with E-state index in [4.69, 9.17) is 0 Å². The molecule has 0 rings (SSSR count). The minimum Gasteiger partial charge on any atom is -0.389 e. The summed E-state index contributed by atoms with van der Waals surface area (Å²) in [6, 6.07) is 0. The van der Waals surface area contributed by atoms with E-state index in [1.165, 1.54) is 25.7 Å². The Balaban J connectivity index is 3.31. The maximum Gasteiger partial charge on any atom is 0.0718 e. The Kier molecular flexibility index (Phi) is 7.69. The number of hydrogen-bond acceptors (Lipinski definition) is 3. The first-order valence-electron chi connectivity index (χ1n) is 5.47. The molecule has 0 heterocycles. The van der Waals surface area contributed by atoms with Crippen LogP contribution in [-0.4, -0.2) is 41.5 Å². The van der Waals surface area contributed by atoms with Gasteiger partial charge in [-0.3, -0.25) is 0 Å². The SMILES string of the molecule is CN(CCCCCCS)CC(C)(C)O. The summed E-state index contributed by atoms with van der Waals surface area (Å²) in [5, 5.41) is 9.58. The van der Waals surface area contributed by atoms with Gasteiger partial charge < -0.3 is 10.0 Å². The van der Waals surface area contributed by atoms with Crippen molar-refractivity contribution in [2.24, 2.45) is 0 Å². The van der Waals surface area contributed by atoms with Crippen LogP contribution < -0.4 is 0 Å². The molecule has 0 bridgehead atoms. The Morgan fingerprint density at radius 3 is 2.21 bits per heavy atom. The van der Waals surface area contributed by atoms with E-state index in [-0.39, 0.29) is 0 Å². The van der Waals surface area contributed by atoms with Crippen LogP contribution in [-0.2, 0) is 0 Å². The summed E-state index contributed by atoms with van der Waals surface area (Å²) in [4.78, 5) is 2.20. The highest BCUT2D eigenvalue weighted by molar-refractivity contribution is 7.80. The van der Waals surface area contributed by atoms with Gasteiger partial charge in [0.05, 0.1) is 5.60 Å². The Bertz CT molecular complexity index is 134. The van der Waals surface area contributed by atoms with Gasteiger partial charge in [0.2, 0.25) is 0 Å². The normalized spacial score (nSPS) is 12.4. The van der Waals surface area contributed by atoms with Crippen LogP contribution in [0.5, 0.6) is 0 Å². The predicted octanol–water partition coefficient (Wildman–Crippen LogP) is 2.18. The van der Waals surface area contributed by atoms with Crippen molar-refractivity contribution in [2.45, 2.75) is 45.1 Å². The number of likely N-dealkylation sites (N-methyl/N-ethyl adjacent to an activating group) is 1. The van der Waals surface area contributed by atoms with Crippen molar-refractivity contribution in [3.63, 3.8) is 0 Å². The highest BCUT2D eigenvalue weighted by Gasteiger charge is 2.14. The molecule has 2 nitrogen and oxygen atoms in total. The number of nitrogens with zero attached hydrogens (tertiary/aromatic N) is 1. The fourth-order valence-electron chi connectivity index (χ4n) is 1.59. The first kappa shape index (κ1) is 14.3. The van der Waals surface area contributed by atoms with Gasteiger partial charge in [0.25, 0.3) is 0 Å². The molecule has 0 unspecified atom stereocenters. The monoisotopic (exact) mass is 219 g/mol. The molecule has 0 radical (unpaired) electrons. The van der Waals surface area contributed by atoms with E-state index in [1.54, 1.807) is 0 Å². The minimum atomic E-state index is -0.570. The van der Waals surface area contributed by atoms with Crippen LogP contribution in [0.25, 0.3) is 0 Å². The zero-order chi connectivity index (χ0) is 11.0. The first-order chi connectivity index (χ1) is 6.45. The lowest BCUT2D eigenvalue weighted by atomic mass is 10.1. The van der Waals surface area contributed by atoms with Crippen LogP contribution in [0.15, 0.2) is 0 Å². The predicted molar refractivity (Wildman–Crippen MR) is 66.1 cm³/mol. The maximum atomic E-state index is 9.58. The van der Waals surface area contributed by atoms with Crippen LogP contribution in [0.4, 0.5) is 0 Å². The van der Waals surface area contributed by atoms with Crippen LogP contribution in [0, 0.1) is 0 Å². The summed E-state index contributed by atoms with van der Waals surface area (Å²) in [5.74, 6) is 1.000. The lowest BCUT2D eigenvalue weighted by molar-refractivity contribution is 0.0442. The molecule has 86 valence electrons. The van der Waals surface area contributed by atoms with E-state index in [0.717, 1.165) is 18.8 Å². The molecule has 0 saturated carbocycles. The average Bonchev–Trinajstić information content (AvgIpc) is 2.00. The fourth-order valence-corrected chi connectivity index (χ4v) is 1.81. The zero-order valence-corrected chi connectivity index (χ0v) is 10.7. The molecule has 0 aliphatic carbocycles. The summed E-state index contributed by atoms with van der Waals surface area (Å²) >= 11 is 4.18. The second kappa shape index (κ2) is 7.55. The molecule has 3 heteroatoms. The maximum absolute atomic E-state index is 9.58. The molecule has 0 atom stereocenters. The van der Waals surface area contributed by atoms with E-state index in [2.05, 4.69) is 24.6 Å². The molecular weight excluding hydrogens is 194 g/mol. The lowest BCUT2D eigenvalue weighted by Gasteiger charge is -2.25. The van der Waals surface area contributed by atoms with Crippen LogP contribution in [0.2, 0.25) is 0 Å². The van der Waals surface area contributed by atoms with E-state index in [9.17, 15) is 5.11 Å². The standard InChI is InChI=1S/C11H25NOS/c1-11(2,13)10-12(3)8-6-4-5-7-9-14/h13-14H,4-10H2,1-3H3. The van der Waals surface area contributed by atoms with Crippen molar-refractivity contribution in [2.75, 3.05) is 25.9 Å². The van der Waals surface area contributed by atoms with Gasteiger partial charge in [0, 0.05) is 6.54 Å². The molecule has 0 aliphatic heterocycles. The summed E-state index contributed by atoms with van der Waals surface area (Å²) in [5.41, 5.74) is -0.570. The van der Waals surface area contributed by atoms with Gasteiger partial charge in [-0.1, -0.05) is 12.8 Å². The van der Waals surface area contributed by atoms with Crippen molar-refractivity contribution < 1.29 is 5.11 Å². The molecular formula is C11H25NOS. The molecule has 0 aromatic rings. The van der Waals surface area contributed by atoms with Gasteiger partial charge in [0.15, 0.2) is 0 Å². The van der Waals surface area contributed by atoms with Crippen molar-refractivity contribution in [3.05, 3.63) is 0 Å². The number of rotatable bonds is 8. The molecule has 0 fully saturated rings. The molecule has 0 amide bonds. The highest BCUT2D eigenvalue weighted by Crippen LogP contribution is 2.06. The van der Waals surface area contributed by atoms with Crippen LogP contribution >= 0.6 is 12.6 Å². The second-order valence-electron chi connectivity index (χ2n) is 4.69. The summed E-state index contributed by atoms with van der Waals surface area (Å²) in [7, 11) is 2.07. The molecule has 14 heavy (non-hydrogen) atoms. The summed E-state index contributed by atoms with van der Waals surface area (Å²) in [6.45, 7) is 5.53. The fraction of sp³-hybridized carbons (Fsp3) is 1.00. The third kappa shape index (κ3) is 10.4. The zero-order valence-electron chi connectivity index (χ0n) is 9.79. The van der Waals surface area contributed by atoms with Crippen LogP contribution in [0.3, 0.4) is 0 Å². The third-order valence-corrected chi connectivity index (χ3v) is 2.42. The van der Waals surface area contributed by atoms with Crippen molar-refractivity contribution in [1.29, 1.82) is 0 Å². The highest BCUT2D eigenvalue weighted by atomic mass is 32.1. The lowest BCUT2D eigenvalue weighted by Crippen LogP contribution is -2.36. The molecule has 1 N–H and O–H groups in total. The molecule has 0 saturated heterocycles. The van der Waals surface area contributed by atoms with Crippen molar-refractivity contribution >= 4 is 12.6 Å². The molecule has 0 aliphatic rings. The number of aliphatic hydroxyl groups is 1. The minimum absolute atomic E-state index is 0.570. The quantitative estimate of drug-likeness (QED) is 0.483. The Hall–Kier alpha value is 0.270. The van der Waals surface area contributed by atoms with E-state index in [0.29, 0.717) is 0 Å². The average molecular weight is 219 g/mol. The van der Waals surface area contributed by atoms with Gasteiger partial charge in [-0.15, -0.1) is 0 Å². The number of thiol groups is 1. The van der Waals surface area contributed by atoms with Crippen LogP contribution in [0.1, 0.15) is 39.5 Å². The Labute approximate surface area is 94.1 Å². The summed E-state index contributed by atoms with van der Waals surface area (Å²) < 4.78 is 0. The Morgan fingerprint density at radius 1 is 1.14 bits per heavy atom. The first-order valence-corrected chi connectivity index (χ1v) is 6.11. The Morgan fingerprint density at radius 2 is 1.71 bits per heavy atom. The molecule has 0 spiro atoms. The molecule has 0 aromatic carbocycles. The van der Waals surface area contributed by atoms with Gasteiger partial charge in [0.1, 0.15) is 0 Å². The third-order valence-electron chi connectivity index (χ3n) is 2.10. The van der Waals surface area contributed by atoms with Gasteiger partial charge >= 0.3 is 0 Å². The van der Waals surface area contributed by atoms with Gasteiger partial charge in [-0.25, -0.2) is 0 Å².